The summed E-state index contributed by atoms with van der Waals surface area (Å²) in [6.45, 7) is 3.35. The summed E-state index contributed by atoms with van der Waals surface area (Å²) in [6.07, 6.45) is 2.50. The van der Waals surface area contributed by atoms with Crippen molar-refractivity contribution >= 4 is 39.4 Å². The van der Waals surface area contributed by atoms with Gasteiger partial charge in [-0.05, 0) is 68.4 Å². The third-order valence-electron chi connectivity index (χ3n) is 4.75. The van der Waals surface area contributed by atoms with Crippen LogP contribution in [0.2, 0.25) is 5.02 Å². The summed E-state index contributed by atoms with van der Waals surface area (Å²) in [5.41, 5.74) is 6.00. The largest absolute Gasteiger partial charge is 0.318 e. The molecule has 0 bridgehead atoms. The number of sulfonamides is 1. The number of halogens is 2. The Bertz CT molecular complexity index is 1250. The van der Waals surface area contributed by atoms with Crippen LogP contribution in [0, 0.1) is 19.7 Å². The molecule has 3 aromatic rings. The molecule has 168 valence electrons. The number of benzene rings is 2. The van der Waals surface area contributed by atoms with Crippen LogP contribution in [0.25, 0.3) is 5.69 Å². The Morgan fingerprint density at radius 3 is 2.38 bits per heavy atom. The maximum absolute atomic E-state index is 13.2. The van der Waals surface area contributed by atoms with E-state index in [2.05, 4.69) is 10.5 Å². The highest BCUT2D eigenvalue weighted by Crippen LogP contribution is 2.21. The molecule has 0 aliphatic carbocycles. The second-order valence-corrected chi connectivity index (χ2v) is 9.52. The van der Waals surface area contributed by atoms with E-state index in [4.69, 9.17) is 11.6 Å². The zero-order valence-electron chi connectivity index (χ0n) is 17.7. The van der Waals surface area contributed by atoms with E-state index < -0.39 is 22.5 Å². The van der Waals surface area contributed by atoms with Crippen LogP contribution in [-0.4, -0.2) is 37.9 Å². The van der Waals surface area contributed by atoms with Crippen LogP contribution in [0.3, 0.4) is 0 Å². The minimum atomic E-state index is -3.70. The van der Waals surface area contributed by atoms with Gasteiger partial charge < -0.3 is 4.57 Å². The van der Waals surface area contributed by atoms with E-state index in [0.29, 0.717) is 10.7 Å². The summed E-state index contributed by atoms with van der Waals surface area (Å²) in [7, 11) is -3.70. The van der Waals surface area contributed by atoms with E-state index in [-0.39, 0.29) is 5.82 Å². The van der Waals surface area contributed by atoms with Crippen molar-refractivity contribution in [1.82, 2.24) is 9.99 Å². The van der Waals surface area contributed by atoms with E-state index >= 15 is 0 Å². The van der Waals surface area contributed by atoms with Gasteiger partial charge in [0.25, 0.3) is 5.91 Å². The summed E-state index contributed by atoms with van der Waals surface area (Å²) in [5, 5.41) is 4.42. The van der Waals surface area contributed by atoms with Gasteiger partial charge in [-0.25, -0.2) is 18.2 Å². The van der Waals surface area contributed by atoms with Crippen LogP contribution in [0.4, 0.5) is 10.1 Å². The third-order valence-corrected chi connectivity index (χ3v) is 6.14. The number of aromatic nitrogens is 1. The quantitative estimate of drug-likeness (QED) is 0.416. The fraction of sp³-hybridized carbons (Fsp3) is 0.182. The van der Waals surface area contributed by atoms with Gasteiger partial charge in [0, 0.05) is 27.7 Å². The molecule has 0 saturated heterocycles. The molecule has 1 heterocycles. The fourth-order valence-corrected chi connectivity index (χ4v) is 4.24. The lowest BCUT2D eigenvalue weighted by Crippen LogP contribution is -2.39. The van der Waals surface area contributed by atoms with Crippen LogP contribution in [0.15, 0.2) is 59.7 Å². The number of carbonyl (C=O) groups is 1. The molecule has 0 unspecified atom stereocenters. The number of nitrogens with one attached hydrogen (secondary N) is 1. The van der Waals surface area contributed by atoms with Crippen molar-refractivity contribution in [3.63, 3.8) is 0 Å². The fourth-order valence-electron chi connectivity index (χ4n) is 3.25. The maximum Gasteiger partial charge on any atom is 0.260 e. The minimum Gasteiger partial charge on any atom is -0.318 e. The lowest BCUT2D eigenvalue weighted by Gasteiger charge is -2.21. The summed E-state index contributed by atoms with van der Waals surface area (Å²) < 4.78 is 40.4. The molecule has 0 saturated carbocycles. The Morgan fingerprint density at radius 2 is 1.78 bits per heavy atom. The second-order valence-electron chi connectivity index (χ2n) is 7.18. The SMILES string of the molecule is Cc1cc(/C=N\NC(=O)CN(c2ccc(Cl)cc2)S(C)(=O)=O)c(C)n1-c1ccc(F)cc1. The molecule has 1 N–H and O–H groups in total. The first-order chi connectivity index (χ1) is 15.1. The van der Waals surface area contributed by atoms with Gasteiger partial charge in [-0.2, -0.15) is 5.10 Å². The van der Waals surface area contributed by atoms with Crippen molar-refractivity contribution in [3.05, 3.63) is 82.4 Å². The van der Waals surface area contributed by atoms with Crippen LogP contribution in [0.1, 0.15) is 17.0 Å². The topological polar surface area (TPSA) is 83.8 Å². The highest BCUT2D eigenvalue weighted by atomic mass is 35.5. The zero-order valence-corrected chi connectivity index (χ0v) is 19.3. The second kappa shape index (κ2) is 9.54. The van der Waals surface area contributed by atoms with Crippen molar-refractivity contribution < 1.29 is 17.6 Å². The van der Waals surface area contributed by atoms with Crippen molar-refractivity contribution in [2.45, 2.75) is 13.8 Å². The Balaban J connectivity index is 1.73. The molecule has 2 aromatic carbocycles. The van der Waals surface area contributed by atoms with Crippen molar-refractivity contribution in [3.8, 4) is 5.69 Å². The summed E-state index contributed by atoms with van der Waals surface area (Å²) in [5.74, 6) is -0.920. The number of rotatable bonds is 7. The van der Waals surface area contributed by atoms with E-state index in [9.17, 15) is 17.6 Å². The standard InChI is InChI=1S/C22H22ClFN4O3S/c1-15-12-17(16(2)28(15)21-10-6-19(24)7-11-21)13-25-26-22(29)14-27(32(3,30)31)20-8-4-18(23)5-9-20/h4-13H,14H2,1-3H3,(H,26,29)/b25-13-. The average Bonchev–Trinajstić information content (AvgIpc) is 3.00. The van der Waals surface area contributed by atoms with Gasteiger partial charge in [-0.1, -0.05) is 11.6 Å². The maximum atomic E-state index is 13.2. The monoisotopic (exact) mass is 476 g/mol. The first-order valence-corrected chi connectivity index (χ1v) is 11.8. The zero-order chi connectivity index (χ0) is 23.5. The smallest absolute Gasteiger partial charge is 0.260 e. The van der Waals surface area contributed by atoms with E-state index in [1.54, 1.807) is 24.3 Å². The third kappa shape index (κ3) is 5.54. The average molecular weight is 477 g/mol. The van der Waals surface area contributed by atoms with Gasteiger partial charge in [0.1, 0.15) is 12.4 Å². The lowest BCUT2D eigenvalue weighted by molar-refractivity contribution is -0.119. The highest BCUT2D eigenvalue weighted by Gasteiger charge is 2.20. The number of amides is 1. The van der Waals surface area contributed by atoms with Crippen molar-refractivity contribution in [2.75, 3.05) is 17.1 Å². The van der Waals surface area contributed by atoms with Gasteiger partial charge in [0.05, 0.1) is 18.2 Å². The molecule has 1 amide bonds. The number of hydrogen-bond acceptors (Lipinski definition) is 4. The molecule has 0 aliphatic rings. The summed E-state index contributed by atoms with van der Waals surface area (Å²) in [6, 6.07) is 14.1. The van der Waals surface area contributed by atoms with E-state index in [1.807, 2.05) is 24.5 Å². The van der Waals surface area contributed by atoms with Crippen LogP contribution >= 0.6 is 11.6 Å². The molecular weight excluding hydrogens is 455 g/mol. The number of hydrogen-bond donors (Lipinski definition) is 1. The normalized spacial score (nSPS) is 11.7. The van der Waals surface area contributed by atoms with Gasteiger partial charge in [0.15, 0.2) is 0 Å². The molecule has 0 radical (unpaired) electrons. The van der Waals surface area contributed by atoms with Gasteiger partial charge in [0.2, 0.25) is 10.0 Å². The predicted octanol–water partition coefficient (Wildman–Crippen LogP) is 3.80. The van der Waals surface area contributed by atoms with Crippen LogP contribution in [0.5, 0.6) is 0 Å². The van der Waals surface area contributed by atoms with Crippen molar-refractivity contribution in [2.24, 2.45) is 5.10 Å². The molecule has 0 fully saturated rings. The lowest BCUT2D eigenvalue weighted by atomic mass is 10.2. The first kappa shape index (κ1) is 23.5. The molecule has 3 rings (SSSR count). The predicted molar refractivity (Wildman–Crippen MR) is 125 cm³/mol. The summed E-state index contributed by atoms with van der Waals surface area (Å²) in [4.78, 5) is 12.3. The highest BCUT2D eigenvalue weighted by molar-refractivity contribution is 7.92. The van der Waals surface area contributed by atoms with E-state index in [0.717, 1.165) is 33.2 Å². The number of carbonyl (C=O) groups excluding carboxylic acids is 1. The van der Waals surface area contributed by atoms with Gasteiger partial charge in [-0.15, -0.1) is 0 Å². The van der Waals surface area contributed by atoms with E-state index in [1.165, 1.54) is 30.5 Å². The molecule has 0 spiro atoms. The Labute approximate surface area is 191 Å². The number of hydrazone groups is 1. The Morgan fingerprint density at radius 1 is 1.16 bits per heavy atom. The first-order valence-electron chi connectivity index (χ1n) is 9.56. The number of nitrogens with zero attached hydrogens (tertiary/aromatic N) is 3. The minimum absolute atomic E-state index is 0.317. The molecule has 0 atom stereocenters. The van der Waals surface area contributed by atoms with Gasteiger partial charge in [-0.3, -0.25) is 9.10 Å². The Kier molecular flexibility index (Phi) is 7.00. The summed E-state index contributed by atoms with van der Waals surface area (Å²) >= 11 is 5.85. The molecule has 1 aromatic heterocycles. The Hall–Kier alpha value is -3.17. The van der Waals surface area contributed by atoms with Crippen LogP contribution in [-0.2, 0) is 14.8 Å². The molecule has 7 nitrogen and oxygen atoms in total. The van der Waals surface area contributed by atoms with Crippen molar-refractivity contribution in [1.29, 1.82) is 0 Å². The van der Waals surface area contributed by atoms with Gasteiger partial charge >= 0.3 is 0 Å². The van der Waals surface area contributed by atoms with Crippen LogP contribution < -0.4 is 9.73 Å². The molecular formula is C22H22ClFN4O3S. The number of aryl methyl sites for hydroxylation is 1. The number of anilines is 1. The molecule has 10 heteroatoms. The molecule has 0 aliphatic heterocycles. The molecule has 32 heavy (non-hydrogen) atoms.